The first-order valence-electron chi connectivity index (χ1n) is 8.68. The molecule has 0 aliphatic carbocycles. The summed E-state index contributed by atoms with van der Waals surface area (Å²) in [6.07, 6.45) is 0. The maximum atomic E-state index is 13.6. The zero-order chi connectivity index (χ0) is 19.3. The molecule has 6 heteroatoms. The highest BCUT2D eigenvalue weighted by Crippen LogP contribution is 2.25. The molecule has 5 nitrogen and oxygen atoms in total. The molecule has 140 valence electrons. The molecule has 1 heterocycles. The molecule has 28 heavy (non-hydrogen) atoms. The van der Waals surface area contributed by atoms with Crippen molar-refractivity contribution in [2.45, 2.75) is 6.61 Å². The maximum Gasteiger partial charge on any atom is 0.258 e. The lowest BCUT2D eigenvalue weighted by atomic mass is 10.2. The van der Waals surface area contributed by atoms with Crippen molar-refractivity contribution in [2.24, 2.45) is 0 Å². The van der Waals surface area contributed by atoms with E-state index in [-0.39, 0.29) is 12.4 Å². The smallest absolute Gasteiger partial charge is 0.258 e. The fourth-order valence-electron chi connectivity index (χ4n) is 2.67. The van der Waals surface area contributed by atoms with Gasteiger partial charge in [-0.05, 0) is 54.6 Å². The van der Waals surface area contributed by atoms with Crippen LogP contribution >= 0.6 is 0 Å². The van der Waals surface area contributed by atoms with E-state index in [0.717, 1.165) is 16.9 Å². The zero-order valence-corrected chi connectivity index (χ0v) is 15.1. The lowest BCUT2D eigenvalue weighted by molar-refractivity contribution is 0.300. The van der Waals surface area contributed by atoms with Crippen molar-refractivity contribution in [3.63, 3.8) is 0 Å². The summed E-state index contributed by atoms with van der Waals surface area (Å²) in [5.41, 5.74) is 2.11. The third kappa shape index (κ3) is 3.86. The summed E-state index contributed by atoms with van der Waals surface area (Å²) < 4.78 is 29.8. The molecule has 0 bridgehead atoms. The summed E-state index contributed by atoms with van der Waals surface area (Å²) in [5, 5.41) is 4.03. The molecule has 0 fully saturated rings. The van der Waals surface area contributed by atoms with E-state index in [1.54, 1.807) is 37.4 Å². The van der Waals surface area contributed by atoms with Crippen molar-refractivity contribution in [3.05, 3.63) is 84.2 Å². The molecular weight excluding hydrogens is 359 g/mol. The number of rotatable bonds is 6. The Hall–Kier alpha value is -3.67. The SMILES string of the molecule is COc1ccc(-c2nc(-c3ccc(OCc4ccccc4F)cc3)no2)cc1. The normalized spacial score (nSPS) is 10.6. The Labute approximate surface area is 161 Å². The van der Waals surface area contributed by atoms with Crippen LogP contribution in [-0.2, 0) is 6.61 Å². The number of halogens is 1. The van der Waals surface area contributed by atoms with Crippen molar-refractivity contribution in [2.75, 3.05) is 7.11 Å². The van der Waals surface area contributed by atoms with E-state index in [0.29, 0.717) is 23.0 Å². The van der Waals surface area contributed by atoms with Crippen molar-refractivity contribution in [3.8, 4) is 34.3 Å². The van der Waals surface area contributed by atoms with Crippen LogP contribution in [0.4, 0.5) is 4.39 Å². The van der Waals surface area contributed by atoms with Crippen LogP contribution < -0.4 is 9.47 Å². The molecule has 4 aromatic rings. The van der Waals surface area contributed by atoms with Gasteiger partial charge in [-0.25, -0.2) is 4.39 Å². The van der Waals surface area contributed by atoms with Gasteiger partial charge >= 0.3 is 0 Å². The molecule has 0 spiro atoms. The fourth-order valence-corrected chi connectivity index (χ4v) is 2.67. The minimum Gasteiger partial charge on any atom is -0.497 e. The first-order chi connectivity index (χ1) is 13.7. The van der Waals surface area contributed by atoms with E-state index in [9.17, 15) is 4.39 Å². The summed E-state index contributed by atoms with van der Waals surface area (Å²) in [5.74, 6) is 2.02. The highest BCUT2D eigenvalue weighted by Gasteiger charge is 2.11. The number of hydrogen-bond acceptors (Lipinski definition) is 5. The number of nitrogens with zero attached hydrogens (tertiary/aromatic N) is 2. The number of aromatic nitrogens is 2. The Morgan fingerprint density at radius 3 is 2.25 bits per heavy atom. The number of methoxy groups -OCH3 is 1. The quantitative estimate of drug-likeness (QED) is 0.467. The van der Waals surface area contributed by atoms with E-state index >= 15 is 0 Å². The topological polar surface area (TPSA) is 57.4 Å². The monoisotopic (exact) mass is 376 g/mol. The van der Waals surface area contributed by atoms with E-state index < -0.39 is 0 Å². The van der Waals surface area contributed by atoms with Gasteiger partial charge in [0.15, 0.2) is 0 Å². The Bertz CT molecular complexity index is 1060. The summed E-state index contributed by atoms with van der Waals surface area (Å²) in [4.78, 5) is 4.43. The van der Waals surface area contributed by atoms with Gasteiger partial charge in [0.2, 0.25) is 5.82 Å². The average Bonchev–Trinajstić information content (AvgIpc) is 3.24. The maximum absolute atomic E-state index is 13.6. The first-order valence-corrected chi connectivity index (χ1v) is 8.68. The Kier molecular flexibility index (Phi) is 5.01. The zero-order valence-electron chi connectivity index (χ0n) is 15.1. The third-order valence-electron chi connectivity index (χ3n) is 4.23. The molecule has 0 N–H and O–H groups in total. The van der Waals surface area contributed by atoms with Gasteiger partial charge < -0.3 is 14.0 Å². The van der Waals surface area contributed by atoms with Gasteiger partial charge in [0, 0.05) is 16.7 Å². The molecule has 0 amide bonds. The number of benzene rings is 3. The molecule has 1 aromatic heterocycles. The molecule has 4 rings (SSSR count). The average molecular weight is 376 g/mol. The molecule has 0 aliphatic heterocycles. The second-order valence-electron chi connectivity index (χ2n) is 6.06. The Balaban J connectivity index is 1.45. The Morgan fingerprint density at radius 1 is 0.857 bits per heavy atom. The van der Waals surface area contributed by atoms with Gasteiger partial charge in [-0.2, -0.15) is 4.98 Å². The minimum atomic E-state index is -0.281. The van der Waals surface area contributed by atoms with Crippen molar-refractivity contribution < 1.29 is 18.4 Å². The minimum absolute atomic E-state index is 0.163. The Morgan fingerprint density at radius 2 is 1.54 bits per heavy atom. The molecule has 0 saturated carbocycles. The first kappa shape index (κ1) is 17.7. The van der Waals surface area contributed by atoms with Crippen molar-refractivity contribution in [1.82, 2.24) is 10.1 Å². The summed E-state index contributed by atoms with van der Waals surface area (Å²) in [6.45, 7) is 0.163. The second-order valence-corrected chi connectivity index (χ2v) is 6.06. The van der Waals surface area contributed by atoms with Crippen LogP contribution in [-0.4, -0.2) is 17.3 Å². The highest BCUT2D eigenvalue weighted by molar-refractivity contribution is 5.60. The predicted octanol–water partition coefficient (Wildman–Crippen LogP) is 5.13. The second kappa shape index (κ2) is 7.92. The van der Waals surface area contributed by atoms with Crippen LogP contribution in [0.1, 0.15) is 5.56 Å². The van der Waals surface area contributed by atoms with E-state index in [1.807, 2.05) is 36.4 Å². The standard InChI is InChI=1S/C22H17FN2O3/c1-26-18-10-8-16(9-11-18)22-24-21(25-28-22)15-6-12-19(13-7-15)27-14-17-4-2-3-5-20(17)23/h2-13H,14H2,1H3. The van der Waals surface area contributed by atoms with E-state index in [1.165, 1.54) is 6.07 Å². The summed E-state index contributed by atoms with van der Waals surface area (Å²) in [6, 6.07) is 21.2. The van der Waals surface area contributed by atoms with Crippen LogP contribution in [0.3, 0.4) is 0 Å². The number of ether oxygens (including phenoxy) is 2. The lowest BCUT2D eigenvalue weighted by Crippen LogP contribution is -1.98. The van der Waals surface area contributed by atoms with Gasteiger partial charge in [-0.15, -0.1) is 0 Å². The molecule has 0 radical (unpaired) electrons. The predicted molar refractivity (Wildman–Crippen MR) is 102 cm³/mol. The van der Waals surface area contributed by atoms with Gasteiger partial charge in [-0.3, -0.25) is 0 Å². The molecule has 3 aromatic carbocycles. The fraction of sp³-hybridized carbons (Fsp3) is 0.0909. The van der Waals surface area contributed by atoms with Crippen molar-refractivity contribution >= 4 is 0 Å². The van der Waals surface area contributed by atoms with Crippen LogP contribution in [0.25, 0.3) is 22.8 Å². The lowest BCUT2D eigenvalue weighted by Gasteiger charge is -2.07. The summed E-state index contributed by atoms with van der Waals surface area (Å²) >= 11 is 0. The van der Waals surface area contributed by atoms with Gasteiger partial charge in [-0.1, -0.05) is 23.4 Å². The molecule has 0 saturated heterocycles. The van der Waals surface area contributed by atoms with Crippen molar-refractivity contribution in [1.29, 1.82) is 0 Å². The van der Waals surface area contributed by atoms with E-state index in [2.05, 4.69) is 10.1 Å². The van der Waals surface area contributed by atoms with Crippen LogP contribution in [0.2, 0.25) is 0 Å². The van der Waals surface area contributed by atoms with Gasteiger partial charge in [0.25, 0.3) is 5.89 Å². The van der Waals surface area contributed by atoms with Gasteiger partial charge in [0.1, 0.15) is 23.9 Å². The highest BCUT2D eigenvalue weighted by atomic mass is 19.1. The summed E-state index contributed by atoms with van der Waals surface area (Å²) in [7, 11) is 1.61. The molecule has 0 atom stereocenters. The van der Waals surface area contributed by atoms with E-state index in [4.69, 9.17) is 14.0 Å². The third-order valence-corrected chi connectivity index (χ3v) is 4.23. The largest absolute Gasteiger partial charge is 0.497 e. The van der Waals surface area contributed by atoms with Crippen LogP contribution in [0.15, 0.2) is 77.3 Å². The van der Waals surface area contributed by atoms with Gasteiger partial charge in [0.05, 0.1) is 7.11 Å². The molecule has 0 aliphatic rings. The van der Waals surface area contributed by atoms with Crippen LogP contribution in [0, 0.1) is 5.82 Å². The molecule has 0 unspecified atom stereocenters. The molecular formula is C22H17FN2O3. The van der Waals surface area contributed by atoms with Crippen LogP contribution in [0.5, 0.6) is 11.5 Å². The number of hydrogen-bond donors (Lipinski definition) is 0.